The number of ether oxygens (including phenoxy) is 2. The van der Waals surface area contributed by atoms with Gasteiger partial charge < -0.3 is 9.47 Å². The van der Waals surface area contributed by atoms with Crippen LogP contribution in [0.1, 0.15) is 19.4 Å². The van der Waals surface area contributed by atoms with Gasteiger partial charge in [-0.15, -0.1) is 0 Å². The van der Waals surface area contributed by atoms with Crippen LogP contribution >= 0.6 is 0 Å². The molecule has 0 saturated carbocycles. The predicted molar refractivity (Wildman–Crippen MR) is 63.4 cm³/mol. The van der Waals surface area contributed by atoms with Crippen molar-refractivity contribution in [3.63, 3.8) is 0 Å². The molecule has 1 rings (SSSR count). The van der Waals surface area contributed by atoms with Crippen molar-refractivity contribution in [2.45, 2.75) is 20.0 Å². The Morgan fingerprint density at radius 3 is 2.67 bits per heavy atom. The second-order valence-electron chi connectivity index (χ2n) is 3.38. The first-order chi connectivity index (χ1) is 8.51. The summed E-state index contributed by atoms with van der Waals surface area (Å²) in [5.41, 5.74) is 0.462. The molecule has 0 N–H and O–H groups in total. The molecular formula is C13H14F2O3. The molecule has 0 amide bonds. The van der Waals surface area contributed by atoms with Gasteiger partial charge in [0.2, 0.25) is 0 Å². The fourth-order valence-corrected chi connectivity index (χ4v) is 1.29. The van der Waals surface area contributed by atoms with Crippen LogP contribution < -0.4 is 4.74 Å². The average molecular weight is 256 g/mol. The third-order valence-electron chi connectivity index (χ3n) is 2.02. The van der Waals surface area contributed by atoms with Gasteiger partial charge in [-0.05, 0) is 19.9 Å². The topological polar surface area (TPSA) is 35.5 Å². The first kappa shape index (κ1) is 14.2. The second kappa shape index (κ2) is 6.14. The van der Waals surface area contributed by atoms with Gasteiger partial charge in [0.1, 0.15) is 5.75 Å². The lowest BCUT2D eigenvalue weighted by molar-refractivity contribution is -0.216. The summed E-state index contributed by atoms with van der Waals surface area (Å²) in [6.45, 7) is 3.07. The number of carbonyl (C=O) groups is 1. The van der Waals surface area contributed by atoms with Crippen LogP contribution in [-0.4, -0.2) is 18.7 Å². The lowest BCUT2D eigenvalue weighted by atomic mass is 10.2. The Morgan fingerprint density at radius 2 is 2.06 bits per heavy atom. The molecule has 0 spiro atoms. The highest BCUT2D eigenvalue weighted by Gasteiger charge is 2.44. The maximum atomic E-state index is 13.4. The van der Waals surface area contributed by atoms with Crippen molar-refractivity contribution in [2.75, 3.05) is 6.61 Å². The van der Waals surface area contributed by atoms with E-state index in [0.29, 0.717) is 5.56 Å². The summed E-state index contributed by atoms with van der Waals surface area (Å²) in [5.74, 6) is -1.77. The smallest absolute Gasteiger partial charge is 0.459 e. The van der Waals surface area contributed by atoms with E-state index >= 15 is 0 Å². The summed E-state index contributed by atoms with van der Waals surface area (Å²) in [7, 11) is 0. The molecule has 0 aliphatic rings. The van der Waals surface area contributed by atoms with Gasteiger partial charge in [0.05, 0.1) is 6.61 Å². The van der Waals surface area contributed by atoms with E-state index in [2.05, 4.69) is 9.47 Å². The van der Waals surface area contributed by atoms with Crippen molar-refractivity contribution in [1.82, 2.24) is 0 Å². The highest BCUT2D eigenvalue weighted by atomic mass is 19.3. The molecule has 18 heavy (non-hydrogen) atoms. The van der Waals surface area contributed by atoms with E-state index in [9.17, 15) is 13.6 Å². The normalized spacial score (nSPS) is 11.6. The van der Waals surface area contributed by atoms with Gasteiger partial charge >= 0.3 is 12.1 Å². The van der Waals surface area contributed by atoms with Crippen molar-refractivity contribution < 1.29 is 23.0 Å². The number of allylic oxidation sites excluding steroid dienone is 1. The van der Waals surface area contributed by atoms with Crippen LogP contribution in [0.4, 0.5) is 8.78 Å². The summed E-state index contributed by atoms with van der Waals surface area (Å²) in [5, 5.41) is 0. The molecule has 0 aromatic heterocycles. The summed E-state index contributed by atoms with van der Waals surface area (Å²) < 4.78 is 35.5. The Morgan fingerprint density at radius 1 is 1.39 bits per heavy atom. The Kier molecular flexibility index (Phi) is 4.83. The maximum absolute atomic E-state index is 13.4. The standard InChI is InChI=1S/C13H14F2O3/c1-3-7-10-8-5-6-9-11(10)18-13(14,15)12(16)17-4-2/h3,5-9H,4H2,1-2H3. The summed E-state index contributed by atoms with van der Waals surface area (Å²) in [4.78, 5) is 11.0. The predicted octanol–water partition coefficient (Wildman–Crippen LogP) is 3.25. The number of halogens is 2. The number of rotatable bonds is 5. The summed E-state index contributed by atoms with van der Waals surface area (Å²) in [6, 6.07) is 6.20. The van der Waals surface area contributed by atoms with Gasteiger partial charge in [0.25, 0.3) is 0 Å². The number of carbonyl (C=O) groups excluding carboxylic acids is 1. The lowest BCUT2D eigenvalue weighted by Crippen LogP contribution is -2.37. The van der Waals surface area contributed by atoms with Crippen LogP contribution in [0.2, 0.25) is 0 Å². The zero-order chi connectivity index (χ0) is 13.6. The molecule has 98 valence electrons. The molecule has 3 nitrogen and oxygen atoms in total. The molecule has 0 aliphatic carbocycles. The minimum atomic E-state index is -3.99. The molecule has 0 radical (unpaired) electrons. The van der Waals surface area contributed by atoms with Crippen molar-refractivity contribution >= 4 is 12.0 Å². The van der Waals surface area contributed by atoms with E-state index in [1.807, 2.05) is 0 Å². The van der Waals surface area contributed by atoms with Crippen LogP contribution in [0.25, 0.3) is 6.08 Å². The van der Waals surface area contributed by atoms with E-state index < -0.39 is 12.1 Å². The van der Waals surface area contributed by atoms with E-state index in [1.165, 1.54) is 13.0 Å². The van der Waals surface area contributed by atoms with Gasteiger partial charge in [-0.25, -0.2) is 4.79 Å². The SMILES string of the molecule is CC=Cc1ccccc1OC(F)(F)C(=O)OCC. The molecule has 0 fully saturated rings. The van der Waals surface area contributed by atoms with E-state index in [-0.39, 0.29) is 12.4 Å². The number of hydrogen-bond donors (Lipinski definition) is 0. The van der Waals surface area contributed by atoms with Crippen LogP contribution in [0.15, 0.2) is 30.3 Å². The quantitative estimate of drug-likeness (QED) is 0.758. The number of alkyl halides is 2. The molecule has 5 heteroatoms. The molecule has 0 heterocycles. The highest BCUT2D eigenvalue weighted by Crippen LogP contribution is 2.27. The molecule has 1 aromatic rings. The zero-order valence-corrected chi connectivity index (χ0v) is 10.2. The van der Waals surface area contributed by atoms with Gasteiger partial charge in [0, 0.05) is 5.56 Å². The zero-order valence-electron chi connectivity index (χ0n) is 10.2. The maximum Gasteiger partial charge on any atom is 0.502 e. The van der Waals surface area contributed by atoms with E-state index in [4.69, 9.17) is 0 Å². The second-order valence-corrected chi connectivity index (χ2v) is 3.38. The van der Waals surface area contributed by atoms with Crippen LogP contribution in [-0.2, 0) is 9.53 Å². The van der Waals surface area contributed by atoms with Crippen LogP contribution in [0, 0.1) is 0 Å². The number of benzene rings is 1. The number of esters is 1. The molecule has 0 aliphatic heterocycles. The molecule has 1 aromatic carbocycles. The molecule has 0 saturated heterocycles. The van der Waals surface area contributed by atoms with E-state index in [1.54, 1.807) is 37.3 Å². The van der Waals surface area contributed by atoms with Crippen molar-refractivity contribution in [3.05, 3.63) is 35.9 Å². The number of para-hydroxylation sites is 1. The minimum Gasteiger partial charge on any atom is -0.459 e. The summed E-state index contributed by atoms with van der Waals surface area (Å²) in [6.07, 6.45) is -0.699. The van der Waals surface area contributed by atoms with Gasteiger partial charge in [-0.2, -0.15) is 8.78 Å². The fourth-order valence-electron chi connectivity index (χ4n) is 1.29. The average Bonchev–Trinajstić information content (AvgIpc) is 2.32. The van der Waals surface area contributed by atoms with Gasteiger partial charge in [0.15, 0.2) is 0 Å². The first-order valence-corrected chi connectivity index (χ1v) is 5.47. The Hall–Kier alpha value is -1.91. The van der Waals surface area contributed by atoms with Gasteiger partial charge in [-0.3, -0.25) is 0 Å². The summed E-state index contributed by atoms with van der Waals surface area (Å²) >= 11 is 0. The largest absolute Gasteiger partial charge is 0.502 e. The highest BCUT2D eigenvalue weighted by molar-refractivity contribution is 5.76. The fraction of sp³-hybridized carbons (Fsp3) is 0.308. The van der Waals surface area contributed by atoms with Gasteiger partial charge in [-0.1, -0.05) is 30.4 Å². The third-order valence-corrected chi connectivity index (χ3v) is 2.02. The molecule has 0 unspecified atom stereocenters. The Balaban J connectivity index is 2.93. The molecule has 0 atom stereocenters. The Labute approximate surface area is 104 Å². The lowest BCUT2D eigenvalue weighted by Gasteiger charge is -2.17. The van der Waals surface area contributed by atoms with Crippen LogP contribution in [0.5, 0.6) is 5.75 Å². The monoisotopic (exact) mass is 256 g/mol. The first-order valence-electron chi connectivity index (χ1n) is 5.47. The Bertz CT molecular complexity index is 442. The molecule has 0 bridgehead atoms. The molecular weight excluding hydrogens is 242 g/mol. The third kappa shape index (κ3) is 3.55. The minimum absolute atomic E-state index is 0.0753. The van der Waals surface area contributed by atoms with E-state index in [0.717, 1.165) is 0 Å². The van der Waals surface area contributed by atoms with Crippen molar-refractivity contribution in [2.24, 2.45) is 0 Å². The van der Waals surface area contributed by atoms with Crippen LogP contribution in [0.3, 0.4) is 0 Å². The van der Waals surface area contributed by atoms with Crippen molar-refractivity contribution in [1.29, 1.82) is 0 Å². The number of hydrogen-bond acceptors (Lipinski definition) is 3. The van der Waals surface area contributed by atoms with Crippen molar-refractivity contribution in [3.8, 4) is 5.75 Å².